The van der Waals surface area contributed by atoms with Crippen LogP contribution in [0.15, 0.2) is 76.5 Å². The third kappa shape index (κ3) is 4.21. The van der Waals surface area contributed by atoms with Crippen LogP contribution in [0.4, 0.5) is 8.78 Å². The Hall–Kier alpha value is -3.29. The second-order valence-corrected chi connectivity index (χ2v) is 9.87. The van der Waals surface area contributed by atoms with E-state index in [4.69, 9.17) is 11.6 Å². The first-order chi connectivity index (χ1) is 15.6. The van der Waals surface area contributed by atoms with Gasteiger partial charge in [0, 0.05) is 5.02 Å². The zero-order valence-electron chi connectivity index (χ0n) is 17.3. The molecule has 0 aliphatic heterocycles. The van der Waals surface area contributed by atoms with Gasteiger partial charge in [0.05, 0.1) is 11.3 Å². The molecular formula is C25H17ClF2O4S. The Kier molecular flexibility index (Phi) is 5.95. The standard InChI is InChI=1S/C25H17ClF2O4S/c1-14-17(12-23(29)30)11-16-5-8-18(26)13-20(16)24(14)15-6-9-19(10-7-15)33(31,32)25-21(27)3-2-4-22(25)28/h2-11,13H,12H2,1H3,(H,29,30). The Labute approximate surface area is 194 Å². The maximum absolute atomic E-state index is 14.1. The molecule has 4 rings (SSSR count). The average molecular weight is 487 g/mol. The third-order valence-electron chi connectivity index (χ3n) is 5.45. The molecule has 0 radical (unpaired) electrons. The number of sulfone groups is 1. The summed E-state index contributed by atoms with van der Waals surface area (Å²) in [6.45, 7) is 1.79. The Morgan fingerprint density at radius 2 is 1.61 bits per heavy atom. The topological polar surface area (TPSA) is 71.4 Å². The van der Waals surface area contributed by atoms with E-state index in [2.05, 4.69) is 0 Å². The van der Waals surface area contributed by atoms with Crippen molar-refractivity contribution in [2.75, 3.05) is 0 Å². The summed E-state index contributed by atoms with van der Waals surface area (Å²) in [6.07, 6.45) is -0.184. The summed E-state index contributed by atoms with van der Waals surface area (Å²) in [5.74, 6) is -3.32. The van der Waals surface area contributed by atoms with E-state index in [1.807, 2.05) is 0 Å². The molecule has 1 N–H and O–H groups in total. The van der Waals surface area contributed by atoms with Crippen LogP contribution in [0.1, 0.15) is 11.1 Å². The SMILES string of the molecule is Cc1c(CC(=O)O)cc2ccc(Cl)cc2c1-c1ccc(S(=O)(=O)c2c(F)cccc2F)cc1. The van der Waals surface area contributed by atoms with Crippen molar-refractivity contribution in [2.24, 2.45) is 0 Å². The molecule has 0 amide bonds. The van der Waals surface area contributed by atoms with Crippen LogP contribution in [-0.2, 0) is 21.1 Å². The van der Waals surface area contributed by atoms with Crippen LogP contribution in [0.2, 0.25) is 5.02 Å². The molecule has 0 heterocycles. The maximum atomic E-state index is 14.1. The van der Waals surface area contributed by atoms with Gasteiger partial charge in [-0.25, -0.2) is 17.2 Å². The largest absolute Gasteiger partial charge is 0.481 e. The molecule has 4 aromatic rings. The highest BCUT2D eigenvalue weighted by Crippen LogP contribution is 2.37. The van der Waals surface area contributed by atoms with E-state index in [0.29, 0.717) is 27.3 Å². The lowest BCUT2D eigenvalue weighted by atomic mass is 9.89. The maximum Gasteiger partial charge on any atom is 0.307 e. The van der Waals surface area contributed by atoms with E-state index in [-0.39, 0.29) is 11.3 Å². The normalized spacial score (nSPS) is 11.6. The van der Waals surface area contributed by atoms with Crippen LogP contribution in [0, 0.1) is 18.6 Å². The fraction of sp³-hybridized carbons (Fsp3) is 0.0800. The highest BCUT2D eigenvalue weighted by atomic mass is 35.5. The van der Waals surface area contributed by atoms with Crippen molar-refractivity contribution >= 4 is 38.2 Å². The summed E-state index contributed by atoms with van der Waals surface area (Å²) in [4.78, 5) is 10.1. The van der Waals surface area contributed by atoms with Gasteiger partial charge in [-0.3, -0.25) is 4.79 Å². The minimum absolute atomic E-state index is 0.184. The Morgan fingerprint density at radius 1 is 0.970 bits per heavy atom. The number of hydrogen-bond donors (Lipinski definition) is 1. The molecule has 0 unspecified atom stereocenters. The zero-order valence-corrected chi connectivity index (χ0v) is 18.8. The van der Waals surface area contributed by atoms with Gasteiger partial charge in [-0.1, -0.05) is 41.9 Å². The van der Waals surface area contributed by atoms with Crippen LogP contribution < -0.4 is 0 Å². The van der Waals surface area contributed by atoms with Gasteiger partial charge in [0.15, 0.2) is 0 Å². The van der Waals surface area contributed by atoms with Gasteiger partial charge >= 0.3 is 5.97 Å². The summed E-state index contributed by atoms with van der Waals surface area (Å²) in [6, 6.07) is 15.5. The molecular weight excluding hydrogens is 470 g/mol. The lowest BCUT2D eigenvalue weighted by Gasteiger charge is -2.16. The molecule has 0 aliphatic carbocycles. The minimum Gasteiger partial charge on any atom is -0.481 e. The van der Waals surface area contributed by atoms with E-state index < -0.39 is 32.3 Å². The number of rotatable bonds is 5. The highest BCUT2D eigenvalue weighted by Gasteiger charge is 2.26. The average Bonchev–Trinajstić information content (AvgIpc) is 2.74. The molecule has 0 spiro atoms. The molecule has 4 nitrogen and oxygen atoms in total. The summed E-state index contributed by atoms with van der Waals surface area (Å²) in [5.41, 5.74) is 2.63. The van der Waals surface area contributed by atoms with Crippen molar-refractivity contribution in [3.8, 4) is 11.1 Å². The molecule has 0 saturated heterocycles. The van der Waals surface area contributed by atoms with Gasteiger partial charge in [-0.15, -0.1) is 0 Å². The number of carboxylic acids is 1. The molecule has 168 valence electrons. The summed E-state index contributed by atoms with van der Waals surface area (Å²) < 4.78 is 53.9. The predicted octanol–water partition coefficient (Wildman–Crippen LogP) is 6.21. The Bertz CT molecular complexity index is 1490. The number of hydrogen-bond acceptors (Lipinski definition) is 3. The molecule has 0 bridgehead atoms. The van der Waals surface area contributed by atoms with Crippen LogP contribution in [0.25, 0.3) is 21.9 Å². The smallest absolute Gasteiger partial charge is 0.307 e. The molecule has 0 fully saturated rings. The first-order valence-electron chi connectivity index (χ1n) is 9.82. The number of fused-ring (bicyclic) bond motifs is 1. The van der Waals surface area contributed by atoms with Crippen molar-refractivity contribution in [2.45, 2.75) is 23.1 Å². The number of halogens is 3. The number of carboxylic acid groups (broad SMARTS) is 1. The first-order valence-corrected chi connectivity index (χ1v) is 11.7. The van der Waals surface area contributed by atoms with Gasteiger partial charge in [-0.05, 0) is 76.3 Å². The van der Waals surface area contributed by atoms with Crippen molar-refractivity contribution in [1.82, 2.24) is 0 Å². The van der Waals surface area contributed by atoms with Crippen LogP contribution in [0.5, 0.6) is 0 Å². The fourth-order valence-electron chi connectivity index (χ4n) is 3.91. The van der Waals surface area contributed by atoms with E-state index in [0.717, 1.165) is 29.0 Å². The van der Waals surface area contributed by atoms with E-state index >= 15 is 0 Å². The third-order valence-corrected chi connectivity index (χ3v) is 7.51. The summed E-state index contributed by atoms with van der Waals surface area (Å²) in [7, 11) is -4.43. The molecule has 0 saturated carbocycles. The Morgan fingerprint density at radius 3 is 2.21 bits per heavy atom. The Balaban J connectivity index is 1.89. The van der Waals surface area contributed by atoms with Crippen LogP contribution in [0.3, 0.4) is 0 Å². The number of carbonyl (C=O) groups is 1. The zero-order chi connectivity index (χ0) is 23.9. The van der Waals surface area contributed by atoms with Gasteiger partial charge in [0.1, 0.15) is 16.5 Å². The van der Waals surface area contributed by atoms with Gasteiger partial charge in [0.2, 0.25) is 9.84 Å². The van der Waals surface area contributed by atoms with Crippen molar-refractivity contribution in [1.29, 1.82) is 0 Å². The monoisotopic (exact) mass is 486 g/mol. The molecule has 0 atom stereocenters. The number of benzene rings is 4. The van der Waals surface area contributed by atoms with E-state index in [1.165, 1.54) is 24.3 Å². The highest BCUT2D eigenvalue weighted by molar-refractivity contribution is 7.91. The van der Waals surface area contributed by atoms with Crippen LogP contribution in [-0.4, -0.2) is 19.5 Å². The lowest BCUT2D eigenvalue weighted by Crippen LogP contribution is -2.07. The number of aliphatic carboxylic acids is 1. The molecule has 8 heteroatoms. The molecule has 4 aromatic carbocycles. The van der Waals surface area contributed by atoms with Gasteiger partial charge in [-0.2, -0.15) is 0 Å². The van der Waals surface area contributed by atoms with Crippen molar-refractivity contribution in [3.63, 3.8) is 0 Å². The summed E-state index contributed by atoms with van der Waals surface area (Å²) in [5, 5.41) is 11.3. The van der Waals surface area contributed by atoms with E-state index in [9.17, 15) is 27.1 Å². The second kappa shape index (κ2) is 8.57. The van der Waals surface area contributed by atoms with Crippen molar-refractivity contribution < 1.29 is 27.1 Å². The molecule has 0 aromatic heterocycles. The van der Waals surface area contributed by atoms with Gasteiger partial charge in [0.25, 0.3) is 0 Å². The quantitative estimate of drug-likeness (QED) is 0.364. The second-order valence-electron chi connectivity index (χ2n) is 7.55. The minimum atomic E-state index is -4.43. The summed E-state index contributed by atoms with van der Waals surface area (Å²) >= 11 is 6.19. The van der Waals surface area contributed by atoms with Crippen molar-refractivity contribution in [3.05, 3.63) is 94.5 Å². The van der Waals surface area contributed by atoms with Crippen LogP contribution >= 0.6 is 11.6 Å². The molecule has 0 aliphatic rings. The lowest BCUT2D eigenvalue weighted by molar-refractivity contribution is -0.136. The van der Waals surface area contributed by atoms with Gasteiger partial charge < -0.3 is 5.11 Å². The fourth-order valence-corrected chi connectivity index (χ4v) is 5.46. The first kappa shape index (κ1) is 22.9. The predicted molar refractivity (Wildman–Crippen MR) is 122 cm³/mol. The molecule has 33 heavy (non-hydrogen) atoms. The van der Waals surface area contributed by atoms with E-state index in [1.54, 1.807) is 31.2 Å².